The van der Waals surface area contributed by atoms with Gasteiger partial charge in [-0.2, -0.15) is 0 Å². The highest BCUT2D eigenvalue weighted by Crippen LogP contribution is 2.68. The fourth-order valence-corrected chi connectivity index (χ4v) is 4.96. The second-order valence-electron chi connectivity index (χ2n) is 5.37. The van der Waals surface area contributed by atoms with Crippen molar-refractivity contribution >= 4 is 33.2 Å². The zero-order chi connectivity index (χ0) is 15.3. The van der Waals surface area contributed by atoms with Gasteiger partial charge in [-0.05, 0) is 18.2 Å². The summed E-state index contributed by atoms with van der Waals surface area (Å²) in [7, 11) is 0. The van der Waals surface area contributed by atoms with Crippen molar-refractivity contribution < 1.29 is 19.0 Å². The number of fused-ring (bicyclic) bond motifs is 1. The van der Waals surface area contributed by atoms with Crippen molar-refractivity contribution in [2.45, 2.75) is 10.3 Å². The first-order valence-electron chi connectivity index (χ1n) is 6.44. The van der Waals surface area contributed by atoms with Crippen LogP contribution in [0.3, 0.4) is 0 Å². The lowest BCUT2D eigenvalue weighted by Crippen LogP contribution is -2.37. The molecular weight excluding hydrogens is 364 g/mol. The number of alkyl halides is 1. The van der Waals surface area contributed by atoms with Gasteiger partial charge in [-0.25, -0.2) is 8.78 Å². The fraction of sp³-hybridized carbons (Fsp3) is 0.500. The van der Waals surface area contributed by atoms with Crippen LogP contribution in [0.1, 0.15) is 5.56 Å². The SMILES string of the molecule is OCC1[C@@H]2[C@@](CF)(c3cc(Br)ccc3F)N=[C]S[C@]12CO. The normalized spacial score (nSPS) is 37.4. The van der Waals surface area contributed by atoms with Crippen LogP contribution in [0.25, 0.3) is 0 Å². The number of aliphatic hydroxyl groups is 2. The predicted molar refractivity (Wildman–Crippen MR) is 80.7 cm³/mol. The highest BCUT2D eigenvalue weighted by atomic mass is 79.9. The molecule has 1 aromatic carbocycles. The molecule has 1 heterocycles. The molecule has 2 N–H and O–H groups in total. The van der Waals surface area contributed by atoms with E-state index in [0.29, 0.717) is 4.47 Å². The van der Waals surface area contributed by atoms with Crippen molar-refractivity contribution in [1.29, 1.82) is 0 Å². The van der Waals surface area contributed by atoms with E-state index in [1.54, 1.807) is 0 Å². The molecule has 1 aromatic rings. The molecule has 7 heteroatoms. The van der Waals surface area contributed by atoms with Crippen molar-refractivity contribution in [3.05, 3.63) is 34.1 Å². The maximum absolute atomic E-state index is 14.2. The molecule has 0 aromatic heterocycles. The van der Waals surface area contributed by atoms with Gasteiger partial charge in [-0.15, -0.1) is 0 Å². The van der Waals surface area contributed by atoms with E-state index in [4.69, 9.17) is 0 Å². The zero-order valence-electron chi connectivity index (χ0n) is 10.9. The van der Waals surface area contributed by atoms with Crippen LogP contribution >= 0.6 is 27.7 Å². The summed E-state index contributed by atoms with van der Waals surface area (Å²) in [6, 6.07) is 4.29. The molecule has 0 bridgehead atoms. The maximum Gasteiger partial charge on any atom is 0.129 e. The van der Waals surface area contributed by atoms with Crippen LogP contribution in [0.5, 0.6) is 0 Å². The lowest BCUT2D eigenvalue weighted by Gasteiger charge is -2.32. The Labute approximate surface area is 133 Å². The minimum Gasteiger partial charge on any atom is -0.396 e. The molecule has 113 valence electrons. The topological polar surface area (TPSA) is 52.8 Å². The number of hydrogen-bond donors (Lipinski definition) is 2. The third-order valence-electron chi connectivity index (χ3n) is 4.49. The van der Waals surface area contributed by atoms with Crippen LogP contribution in [0.2, 0.25) is 0 Å². The third-order valence-corrected chi connectivity index (χ3v) is 6.23. The average Bonchev–Trinajstić information content (AvgIpc) is 3.18. The number of aliphatic hydroxyl groups excluding tert-OH is 2. The van der Waals surface area contributed by atoms with Gasteiger partial charge in [-0.1, -0.05) is 27.7 Å². The molecule has 1 aliphatic carbocycles. The molecular formula is C14H13BrF2NO2S. The lowest BCUT2D eigenvalue weighted by atomic mass is 9.84. The van der Waals surface area contributed by atoms with Gasteiger partial charge in [0.2, 0.25) is 0 Å². The molecule has 2 aliphatic rings. The number of thioether (sulfide) groups is 1. The summed E-state index contributed by atoms with van der Waals surface area (Å²) in [5.41, 5.74) is 1.36. The van der Waals surface area contributed by atoms with E-state index < -0.39 is 28.7 Å². The molecule has 1 fully saturated rings. The van der Waals surface area contributed by atoms with Crippen LogP contribution in [0.15, 0.2) is 27.7 Å². The number of benzene rings is 1. The maximum atomic E-state index is 14.2. The Morgan fingerprint density at radius 3 is 2.81 bits per heavy atom. The Balaban J connectivity index is 2.14. The number of rotatable bonds is 4. The molecule has 0 saturated heterocycles. The quantitative estimate of drug-likeness (QED) is 0.847. The Morgan fingerprint density at radius 2 is 2.19 bits per heavy atom. The number of halogens is 3. The van der Waals surface area contributed by atoms with Crippen LogP contribution in [0, 0.1) is 17.7 Å². The van der Waals surface area contributed by atoms with Crippen molar-refractivity contribution in [2.75, 3.05) is 19.9 Å². The molecule has 1 saturated carbocycles. The van der Waals surface area contributed by atoms with Crippen LogP contribution < -0.4 is 0 Å². The van der Waals surface area contributed by atoms with E-state index in [0.717, 1.165) is 0 Å². The van der Waals surface area contributed by atoms with Gasteiger partial charge >= 0.3 is 0 Å². The van der Waals surface area contributed by atoms with E-state index in [2.05, 4.69) is 26.5 Å². The van der Waals surface area contributed by atoms with Crippen LogP contribution in [-0.2, 0) is 5.54 Å². The average molecular weight is 377 g/mol. The summed E-state index contributed by atoms with van der Waals surface area (Å²) in [5.74, 6) is -1.34. The van der Waals surface area contributed by atoms with Crippen LogP contribution in [-0.4, -0.2) is 40.4 Å². The smallest absolute Gasteiger partial charge is 0.129 e. The summed E-state index contributed by atoms with van der Waals surface area (Å²) < 4.78 is 28.1. The van der Waals surface area contributed by atoms with E-state index in [1.807, 2.05) is 0 Å². The van der Waals surface area contributed by atoms with Crippen molar-refractivity contribution in [2.24, 2.45) is 16.8 Å². The first kappa shape index (κ1) is 15.4. The van der Waals surface area contributed by atoms with Gasteiger partial charge in [0.25, 0.3) is 0 Å². The molecule has 1 radical (unpaired) electrons. The summed E-state index contributed by atoms with van der Waals surface area (Å²) in [4.78, 5) is 4.12. The zero-order valence-corrected chi connectivity index (χ0v) is 13.3. The second-order valence-corrected chi connectivity index (χ2v) is 7.43. The highest BCUT2D eigenvalue weighted by molar-refractivity contribution is 9.10. The number of hydrogen-bond acceptors (Lipinski definition) is 4. The minimum atomic E-state index is -1.44. The monoisotopic (exact) mass is 376 g/mol. The highest BCUT2D eigenvalue weighted by Gasteiger charge is 2.74. The van der Waals surface area contributed by atoms with E-state index in [9.17, 15) is 19.0 Å². The molecule has 3 nitrogen and oxygen atoms in total. The van der Waals surface area contributed by atoms with Gasteiger partial charge in [0.05, 0.1) is 11.4 Å². The Kier molecular flexibility index (Phi) is 3.88. The van der Waals surface area contributed by atoms with E-state index in [1.165, 1.54) is 30.0 Å². The Morgan fingerprint density at radius 1 is 1.43 bits per heavy atom. The Bertz CT molecular complexity index is 602. The summed E-state index contributed by atoms with van der Waals surface area (Å²) in [6.45, 7) is -1.34. The van der Waals surface area contributed by atoms with Crippen molar-refractivity contribution in [3.63, 3.8) is 0 Å². The van der Waals surface area contributed by atoms with Crippen molar-refractivity contribution in [1.82, 2.24) is 0 Å². The fourth-order valence-electron chi connectivity index (χ4n) is 3.38. The van der Waals surface area contributed by atoms with Gasteiger partial charge in [-0.3, -0.25) is 4.99 Å². The minimum absolute atomic E-state index is 0.131. The predicted octanol–water partition coefficient (Wildman–Crippen LogP) is 2.37. The first-order chi connectivity index (χ1) is 10.1. The molecule has 0 spiro atoms. The largest absolute Gasteiger partial charge is 0.396 e. The Hall–Kier alpha value is -0.500. The van der Waals surface area contributed by atoms with Gasteiger partial charge in [0, 0.05) is 28.5 Å². The molecule has 1 aliphatic heterocycles. The summed E-state index contributed by atoms with van der Waals surface area (Å²) in [6.07, 6.45) is 0. The molecule has 1 unspecified atom stereocenters. The second kappa shape index (κ2) is 5.30. The number of nitrogens with zero attached hydrogens (tertiary/aromatic N) is 1. The van der Waals surface area contributed by atoms with Gasteiger partial charge in [0.1, 0.15) is 23.6 Å². The number of aliphatic imine (C=N–C) groups is 1. The van der Waals surface area contributed by atoms with Gasteiger partial charge < -0.3 is 10.2 Å². The third kappa shape index (κ3) is 2.01. The molecule has 21 heavy (non-hydrogen) atoms. The molecule has 3 rings (SSSR count). The summed E-state index contributed by atoms with van der Waals surface area (Å²) >= 11 is 4.42. The van der Waals surface area contributed by atoms with Crippen LogP contribution in [0.4, 0.5) is 8.78 Å². The standard InChI is InChI=1S/C14H13BrF2NO2S/c15-8-1-2-11(17)9(3-8)13(5-16)12-10(4-19)14(12,6-20)21-7-18-13/h1-3,10,12,19-20H,4-6H2/t10?,12-,13-,14-/m1/s1. The van der Waals surface area contributed by atoms with Crippen molar-refractivity contribution in [3.8, 4) is 0 Å². The molecule has 4 atom stereocenters. The summed E-state index contributed by atoms with van der Waals surface area (Å²) in [5, 5.41) is 19.2. The van der Waals surface area contributed by atoms with E-state index in [-0.39, 0.29) is 24.7 Å². The van der Waals surface area contributed by atoms with E-state index >= 15 is 0 Å². The van der Waals surface area contributed by atoms with Gasteiger partial charge in [0.15, 0.2) is 0 Å². The lowest BCUT2D eigenvalue weighted by molar-refractivity contribution is 0.221. The molecule has 0 amide bonds. The first-order valence-corrected chi connectivity index (χ1v) is 8.05.